The molecule has 19 heavy (non-hydrogen) atoms. The number of aromatic nitrogens is 2. The van der Waals surface area contributed by atoms with Gasteiger partial charge in [0.05, 0.1) is 0 Å². The van der Waals surface area contributed by atoms with Gasteiger partial charge in [0.15, 0.2) is 5.78 Å². The van der Waals surface area contributed by atoms with Crippen LogP contribution in [-0.4, -0.2) is 15.3 Å². The molecule has 0 aliphatic heterocycles. The molecule has 0 fully saturated rings. The van der Waals surface area contributed by atoms with Crippen LogP contribution >= 0.6 is 0 Å². The van der Waals surface area contributed by atoms with Crippen molar-refractivity contribution in [3.8, 4) is 6.07 Å². The molecule has 4 heteroatoms. The average Bonchev–Trinajstić information content (AvgIpc) is 2.73. The third-order valence-corrected chi connectivity index (χ3v) is 3.05. The van der Waals surface area contributed by atoms with Crippen LogP contribution in [0.4, 0.5) is 0 Å². The zero-order chi connectivity index (χ0) is 13.8. The Bertz CT molecular complexity index is 675. The lowest BCUT2D eigenvalue weighted by atomic mass is 10.1. The van der Waals surface area contributed by atoms with Crippen molar-refractivity contribution in [3.63, 3.8) is 0 Å². The smallest absolute Gasteiger partial charge is 0.187 e. The normalized spacial score (nSPS) is 10.6. The summed E-state index contributed by atoms with van der Waals surface area (Å²) in [6.45, 7) is 1.91. The minimum atomic E-state index is -0.102. The third kappa shape index (κ3) is 2.61. The van der Waals surface area contributed by atoms with Crippen molar-refractivity contribution in [2.24, 2.45) is 7.05 Å². The second-order valence-corrected chi connectivity index (χ2v) is 4.18. The lowest BCUT2D eigenvalue weighted by molar-refractivity contribution is 0.104. The monoisotopic (exact) mass is 251 g/mol. The van der Waals surface area contributed by atoms with Crippen LogP contribution in [0.25, 0.3) is 6.08 Å². The molecule has 0 bridgehead atoms. The van der Waals surface area contributed by atoms with Gasteiger partial charge in [-0.15, -0.1) is 0 Å². The summed E-state index contributed by atoms with van der Waals surface area (Å²) < 4.78 is 1.80. The van der Waals surface area contributed by atoms with Crippen molar-refractivity contribution < 1.29 is 4.79 Å². The first kappa shape index (κ1) is 12.8. The zero-order valence-electron chi connectivity index (χ0n) is 10.8. The van der Waals surface area contributed by atoms with Gasteiger partial charge in [-0.1, -0.05) is 0 Å². The molecular weight excluding hydrogens is 238 g/mol. The van der Waals surface area contributed by atoms with Crippen LogP contribution in [0.1, 0.15) is 27.3 Å². The van der Waals surface area contributed by atoms with Crippen LogP contribution < -0.4 is 0 Å². The maximum atomic E-state index is 11.9. The second kappa shape index (κ2) is 5.32. The summed E-state index contributed by atoms with van der Waals surface area (Å²) in [5.74, 6) is -0.102. The molecule has 94 valence electrons. The molecule has 0 aromatic carbocycles. The van der Waals surface area contributed by atoms with E-state index in [0.717, 1.165) is 11.3 Å². The van der Waals surface area contributed by atoms with E-state index in [2.05, 4.69) is 11.1 Å². The highest BCUT2D eigenvalue weighted by Crippen LogP contribution is 2.15. The molecule has 0 N–H and O–H groups in total. The van der Waals surface area contributed by atoms with Gasteiger partial charge in [-0.05, 0) is 42.8 Å². The molecule has 2 heterocycles. The molecule has 0 aliphatic rings. The molecule has 0 atom stereocenters. The molecule has 0 unspecified atom stereocenters. The van der Waals surface area contributed by atoms with Gasteiger partial charge in [-0.3, -0.25) is 9.78 Å². The van der Waals surface area contributed by atoms with Crippen molar-refractivity contribution in [1.29, 1.82) is 5.26 Å². The number of nitriles is 1. The van der Waals surface area contributed by atoms with Crippen LogP contribution in [0.2, 0.25) is 0 Å². The van der Waals surface area contributed by atoms with E-state index in [0.29, 0.717) is 11.3 Å². The van der Waals surface area contributed by atoms with Crippen molar-refractivity contribution in [2.75, 3.05) is 0 Å². The van der Waals surface area contributed by atoms with E-state index in [-0.39, 0.29) is 5.78 Å². The zero-order valence-corrected chi connectivity index (χ0v) is 10.8. The quantitative estimate of drug-likeness (QED) is 0.622. The average molecular weight is 251 g/mol. The third-order valence-electron chi connectivity index (χ3n) is 3.05. The molecule has 0 radical (unpaired) electrons. The van der Waals surface area contributed by atoms with Gasteiger partial charge >= 0.3 is 0 Å². The Morgan fingerprint density at radius 2 is 2.32 bits per heavy atom. The maximum absolute atomic E-state index is 11.9. The van der Waals surface area contributed by atoms with Crippen molar-refractivity contribution >= 4 is 11.9 Å². The summed E-state index contributed by atoms with van der Waals surface area (Å²) in [5, 5.41) is 8.94. The summed E-state index contributed by atoms with van der Waals surface area (Å²) in [6.07, 6.45) is 6.39. The van der Waals surface area contributed by atoms with E-state index < -0.39 is 0 Å². The lowest BCUT2D eigenvalue weighted by Crippen LogP contribution is -1.95. The number of pyridine rings is 1. The Hall–Kier alpha value is -2.67. The Balaban J connectivity index is 2.25. The molecule has 0 saturated heterocycles. The fourth-order valence-corrected chi connectivity index (χ4v) is 1.77. The highest BCUT2D eigenvalue weighted by atomic mass is 16.1. The van der Waals surface area contributed by atoms with Gasteiger partial charge in [-0.25, -0.2) is 0 Å². The molecule has 0 amide bonds. The van der Waals surface area contributed by atoms with E-state index in [1.165, 1.54) is 12.3 Å². The SMILES string of the molecule is Cc1c(/C=C\C(=O)c2cccnc2)cc(C#N)n1C. The maximum Gasteiger partial charge on any atom is 0.187 e. The molecule has 2 aromatic rings. The fourth-order valence-electron chi connectivity index (χ4n) is 1.77. The van der Waals surface area contributed by atoms with Crippen LogP contribution in [0, 0.1) is 18.3 Å². The highest BCUT2D eigenvalue weighted by molar-refractivity contribution is 6.06. The highest BCUT2D eigenvalue weighted by Gasteiger charge is 2.07. The number of rotatable bonds is 3. The Labute approximate surface area is 111 Å². The van der Waals surface area contributed by atoms with Gasteiger partial charge in [0.2, 0.25) is 0 Å². The van der Waals surface area contributed by atoms with Crippen LogP contribution in [0.3, 0.4) is 0 Å². The fraction of sp³-hybridized carbons (Fsp3) is 0.133. The number of carbonyl (C=O) groups is 1. The molecule has 4 nitrogen and oxygen atoms in total. The first-order valence-corrected chi connectivity index (χ1v) is 5.82. The van der Waals surface area contributed by atoms with Crippen LogP contribution in [-0.2, 0) is 7.05 Å². The van der Waals surface area contributed by atoms with E-state index in [1.807, 2.05) is 14.0 Å². The van der Waals surface area contributed by atoms with Crippen LogP contribution in [0.5, 0.6) is 0 Å². The molecule has 2 rings (SSSR count). The summed E-state index contributed by atoms with van der Waals surface area (Å²) in [4.78, 5) is 15.8. The summed E-state index contributed by atoms with van der Waals surface area (Å²) in [7, 11) is 1.83. The predicted molar refractivity (Wildman–Crippen MR) is 72.5 cm³/mol. The van der Waals surface area contributed by atoms with Gasteiger partial charge in [0, 0.05) is 30.7 Å². The summed E-state index contributed by atoms with van der Waals surface area (Å²) in [6, 6.07) is 7.32. The summed E-state index contributed by atoms with van der Waals surface area (Å²) in [5.41, 5.74) is 2.95. The van der Waals surface area contributed by atoms with E-state index >= 15 is 0 Å². The van der Waals surface area contributed by atoms with Crippen molar-refractivity contribution in [2.45, 2.75) is 6.92 Å². The van der Waals surface area contributed by atoms with Crippen molar-refractivity contribution in [1.82, 2.24) is 9.55 Å². The first-order valence-electron chi connectivity index (χ1n) is 5.82. The number of allylic oxidation sites excluding steroid dienone is 1. The lowest BCUT2D eigenvalue weighted by Gasteiger charge is -1.97. The van der Waals surface area contributed by atoms with E-state index in [4.69, 9.17) is 5.26 Å². The standard InChI is InChI=1S/C15H13N3O/c1-11-12(8-14(9-16)18(11)2)5-6-15(19)13-4-3-7-17-10-13/h3-8,10H,1-2H3/b6-5-. The van der Waals surface area contributed by atoms with E-state index in [1.54, 1.807) is 35.0 Å². The van der Waals surface area contributed by atoms with Crippen LogP contribution in [0.15, 0.2) is 36.7 Å². The Morgan fingerprint density at radius 3 is 2.89 bits per heavy atom. The number of carbonyl (C=O) groups excluding carboxylic acids is 1. The number of ketones is 1. The summed E-state index contributed by atoms with van der Waals surface area (Å²) >= 11 is 0. The molecule has 0 aliphatic carbocycles. The molecule has 2 aromatic heterocycles. The number of hydrogen-bond donors (Lipinski definition) is 0. The van der Waals surface area contributed by atoms with Gasteiger partial charge in [-0.2, -0.15) is 5.26 Å². The van der Waals surface area contributed by atoms with Gasteiger partial charge in [0.25, 0.3) is 0 Å². The molecular formula is C15H13N3O. The molecule has 0 spiro atoms. The Morgan fingerprint density at radius 1 is 1.53 bits per heavy atom. The Kier molecular flexibility index (Phi) is 3.58. The van der Waals surface area contributed by atoms with Gasteiger partial charge < -0.3 is 4.57 Å². The number of nitrogens with zero attached hydrogens (tertiary/aromatic N) is 3. The topological polar surface area (TPSA) is 58.7 Å². The largest absolute Gasteiger partial charge is 0.339 e. The van der Waals surface area contributed by atoms with Gasteiger partial charge in [0.1, 0.15) is 11.8 Å². The van der Waals surface area contributed by atoms with Crippen molar-refractivity contribution in [3.05, 3.63) is 59.2 Å². The number of hydrogen-bond acceptors (Lipinski definition) is 3. The minimum absolute atomic E-state index is 0.102. The van der Waals surface area contributed by atoms with E-state index in [9.17, 15) is 4.79 Å². The predicted octanol–water partition coefficient (Wildman–Crippen LogP) is 2.50. The molecule has 0 saturated carbocycles. The first-order chi connectivity index (χ1) is 9.13. The minimum Gasteiger partial charge on any atom is -0.339 e. The second-order valence-electron chi connectivity index (χ2n) is 4.18.